The van der Waals surface area contributed by atoms with E-state index in [9.17, 15) is 0 Å². The van der Waals surface area contributed by atoms with E-state index in [0.717, 1.165) is 52.8 Å². The molecule has 3 aromatic heterocycles. The molecule has 3 aromatic rings. The molecule has 2 N–H and O–H groups in total. The average molecular weight is 453 g/mol. The van der Waals surface area contributed by atoms with Crippen LogP contribution in [0.1, 0.15) is 30.8 Å². The van der Waals surface area contributed by atoms with Crippen LogP contribution >= 0.6 is 0 Å². The second kappa shape index (κ2) is 9.20. The maximum Gasteiger partial charge on any atom is 0.228 e. The summed E-state index contributed by atoms with van der Waals surface area (Å²) in [5.41, 5.74) is 4.57. The second-order valence-corrected chi connectivity index (χ2v) is 8.60. The smallest absolute Gasteiger partial charge is 0.228 e. The molecule has 10 heteroatoms. The standard InChI is InChI=1S/C23H32N8O2/c1-5-32-8-7-31-21-20(17(29-31)13-33-6-2)27-23(30-12-16-18(30)11-24-16)28-22(21)26-19-10-14(3)9-15(4)25-19/h9-10,16,18,24H,5-8,11-13H2,1-4H3,(H,25,26,27,28)/t16?,18-/m1/s1. The minimum absolute atomic E-state index is 0.403. The number of ether oxygens (including phenoxy) is 2. The first kappa shape index (κ1) is 22.0. The number of aryl methyl sites for hydroxylation is 2. The summed E-state index contributed by atoms with van der Waals surface area (Å²) in [7, 11) is 0. The summed E-state index contributed by atoms with van der Waals surface area (Å²) in [6.45, 7) is 12.8. The van der Waals surface area contributed by atoms with E-state index in [2.05, 4.69) is 33.5 Å². The van der Waals surface area contributed by atoms with Gasteiger partial charge in [0.2, 0.25) is 5.95 Å². The fourth-order valence-electron chi connectivity index (χ4n) is 4.47. The lowest BCUT2D eigenvalue weighted by molar-refractivity contribution is 0.128. The van der Waals surface area contributed by atoms with Crippen molar-refractivity contribution in [1.29, 1.82) is 0 Å². The molecule has 0 amide bonds. The molecule has 10 nitrogen and oxygen atoms in total. The Balaban J connectivity index is 1.60. The zero-order chi connectivity index (χ0) is 22.9. The zero-order valence-corrected chi connectivity index (χ0v) is 19.8. The summed E-state index contributed by atoms with van der Waals surface area (Å²) in [6.07, 6.45) is 0. The maximum absolute atomic E-state index is 5.72. The fourth-order valence-corrected chi connectivity index (χ4v) is 4.47. The predicted octanol–water partition coefficient (Wildman–Crippen LogP) is 2.32. The number of hydrogen-bond donors (Lipinski definition) is 2. The Morgan fingerprint density at radius 3 is 2.64 bits per heavy atom. The third kappa shape index (κ3) is 4.25. The highest BCUT2D eigenvalue weighted by molar-refractivity contribution is 5.90. The summed E-state index contributed by atoms with van der Waals surface area (Å²) in [5, 5.41) is 11.8. The van der Waals surface area contributed by atoms with E-state index >= 15 is 0 Å². The topological polar surface area (TPSA) is 102 Å². The van der Waals surface area contributed by atoms with Gasteiger partial charge in [-0.15, -0.1) is 0 Å². The van der Waals surface area contributed by atoms with Gasteiger partial charge < -0.3 is 25.0 Å². The highest BCUT2D eigenvalue weighted by atomic mass is 16.5. The van der Waals surface area contributed by atoms with Crippen molar-refractivity contribution < 1.29 is 9.47 Å². The van der Waals surface area contributed by atoms with Crippen molar-refractivity contribution in [2.24, 2.45) is 0 Å². The van der Waals surface area contributed by atoms with Gasteiger partial charge in [-0.3, -0.25) is 4.68 Å². The van der Waals surface area contributed by atoms with Crippen molar-refractivity contribution in [3.63, 3.8) is 0 Å². The third-order valence-corrected chi connectivity index (χ3v) is 6.19. The number of anilines is 3. The number of nitrogens with one attached hydrogen (secondary N) is 2. The summed E-state index contributed by atoms with van der Waals surface area (Å²) < 4.78 is 13.3. The lowest BCUT2D eigenvalue weighted by Crippen LogP contribution is -2.78. The van der Waals surface area contributed by atoms with E-state index in [1.54, 1.807) is 0 Å². The quantitative estimate of drug-likeness (QED) is 0.449. The first-order valence-corrected chi connectivity index (χ1v) is 11.7. The second-order valence-electron chi connectivity index (χ2n) is 8.60. The van der Waals surface area contributed by atoms with Crippen molar-refractivity contribution in [2.45, 2.75) is 52.9 Å². The Hall–Kier alpha value is -2.82. The number of rotatable bonds is 10. The molecule has 0 aromatic carbocycles. The van der Waals surface area contributed by atoms with Crippen molar-refractivity contribution in [1.82, 2.24) is 30.0 Å². The van der Waals surface area contributed by atoms with E-state index in [0.29, 0.717) is 50.9 Å². The van der Waals surface area contributed by atoms with Gasteiger partial charge >= 0.3 is 0 Å². The Kier molecular flexibility index (Phi) is 6.13. The molecular formula is C23H32N8O2. The molecule has 2 atom stereocenters. The molecule has 0 radical (unpaired) electrons. The molecule has 1 unspecified atom stereocenters. The van der Waals surface area contributed by atoms with Gasteiger partial charge in [-0.25, -0.2) is 9.97 Å². The van der Waals surface area contributed by atoms with Crippen LogP contribution in [0.2, 0.25) is 0 Å². The first-order valence-electron chi connectivity index (χ1n) is 11.7. The number of piperazine rings is 1. The van der Waals surface area contributed by atoms with Crippen LogP contribution in [0.25, 0.3) is 11.0 Å². The van der Waals surface area contributed by atoms with Gasteiger partial charge in [-0.05, 0) is 45.4 Å². The normalized spacial score (nSPS) is 19.3. The van der Waals surface area contributed by atoms with E-state index in [1.807, 2.05) is 31.5 Å². The molecule has 5 heterocycles. The van der Waals surface area contributed by atoms with Crippen LogP contribution in [0, 0.1) is 13.8 Å². The van der Waals surface area contributed by atoms with Crippen LogP contribution in [0.15, 0.2) is 12.1 Å². The molecule has 0 aliphatic carbocycles. The van der Waals surface area contributed by atoms with E-state index in [4.69, 9.17) is 24.5 Å². The van der Waals surface area contributed by atoms with E-state index < -0.39 is 0 Å². The van der Waals surface area contributed by atoms with Gasteiger partial charge in [0.25, 0.3) is 0 Å². The van der Waals surface area contributed by atoms with Crippen LogP contribution < -0.4 is 15.5 Å². The predicted molar refractivity (Wildman–Crippen MR) is 127 cm³/mol. The Morgan fingerprint density at radius 2 is 1.97 bits per heavy atom. The SMILES string of the molecule is CCOCCn1nc(COCC)c2nc(N3CC4NC[C@H]43)nc(Nc3cc(C)cc(C)n3)c21. The number of aromatic nitrogens is 5. The molecule has 5 rings (SSSR count). The molecule has 2 saturated heterocycles. The van der Waals surface area contributed by atoms with Crippen molar-refractivity contribution in [2.75, 3.05) is 43.1 Å². The Morgan fingerprint density at radius 1 is 1.12 bits per heavy atom. The van der Waals surface area contributed by atoms with Crippen molar-refractivity contribution >= 4 is 28.6 Å². The van der Waals surface area contributed by atoms with Crippen LogP contribution in [-0.4, -0.2) is 69.7 Å². The minimum Gasteiger partial charge on any atom is -0.380 e. The summed E-state index contributed by atoms with van der Waals surface area (Å²) in [4.78, 5) is 16.9. The van der Waals surface area contributed by atoms with Crippen LogP contribution in [0.3, 0.4) is 0 Å². The molecular weight excluding hydrogens is 420 g/mol. The molecule has 33 heavy (non-hydrogen) atoms. The van der Waals surface area contributed by atoms with Crippen molar-refractivity contribution in [3.8, 4) is 0 Å². The number of nitrogens with zero attached hydrogens (tertiary/aromatic N) is 6. The molecule has 0 spiro atoms. The highest BCUT2D eigenvalue weighted by Gasteiger charge is 2.47. The van der Waals surface area contributed by atoms with E-state index in [-0.39, 0.29) is 0 Å². The fraction of sp³-hybridized carbons (Fsp3) is 0.565. The van der Waals surface area contributed by atoms with Crippen LogP contribution in [0.4, 0.5) is 17.6 Å². The first-order chi connectivity index (χ1) is 16.1. The van der Waals surface area contributed by atoms with Crippen LogP contribution in [-0.2, 0) is 22.6 Å². The molecule has 176 valence electrons. The summed E-state index contributed by atoms with van der Waals surface area (Å²) in [6, 6.07) is 5.08. The zero-order valence-electron chi connectivity index (χ0n) is 19.8. The lowest BCUT2D eigenvalue weighted by atomic mass is 9.89. The summed E-state index contributed by atoms with van der Waals surface area (Å²) in [5.74, 6) is 2.18. The maximum atomic E-state index is 5.72. The third-order valence-electron chi connectivity index (χ3n) is 6.19. The monoisotopic (exact) mass is 452 g/mol. The number of hydrogen-bond acceptors (Lipinski definition) is 9. The average Bonchev–Trinajstić information content (AvgIpc) is 3.11. The molecule has 0 saturated carbocycles. The minimum atomic E-state index is 0.403. The van der Waals surface area contributed by atoms with Gasteiger partial charge in [0.05, 0.1) is 25.8 Å². The van der Waals surface area contributed by atoms with Gasteiger partial charge in [-0.2, -0.15) is 10.1 Å². The van der Waals surface area contributed by atoms with Gasteiger partial charge in [0.1, 0.15) is 22.5 Å². The van der Waals surface area contributed by atoms with Gasteiger partial charge in [0, 0.05) is 38.0 Å². The summed E-state index contributed by atoms with van der Waals surface area (Å²) >= 11 is 0. The Bertz CT molecular complexity index is 1130. The molecule has 2 fully saturated rings. The lowest BCUT2D eigenvalue weighted by Gasteiger charge is -2.56. The van der Waals surface area contributed by atoms with E-state index in [1.165, 1.54) is 0 Å². The van der Waals surface area contributed by atoms with Crippen molar-refractivity contribution in [3.05, 3.63) is 29.1 Å². The van der Waals surface area contributed by atoms with Gasteiger partial charge in [0.15, 0.2) is 5.82 Å². The highest BCUT2D eigenvalue weighted by Crippen LogP contribution is 2.34. The number of fused-ring (bicyclic) bond motifs is 2. The van der Waals surface area contributed by atoms with Crippen LogP contribution in [0.5, 0.6) is 0 Å². The molecule has 0 bridgehead atoms. The molecule has 2 aliphatic heterocycles. The molecule has 2 aliphatic rings. The number of pyridine rings is 1. The largest absolute Gasteiger partial charge is 0.380 e. The van der Waals surface area contributed by atoms with Gasteiger partial charge in [-0.1, -0.05) is 0 Å². The Labute approximate surface area is 193 Å².